The molecule has 0 radical (unpaired) electrons. The quantitative estimate of drug-likeness (QED) is 0.504. The fourth-order valence-electron chi connectivity index (χ4n) is 2.22. The van der Waals surface area contributed by atoms with Crippen LogP contribution in [0.3, 0.4) is 0 Å². The van der Waals surface area contributed by atoms with Crippen LogP contribution in [-0.2, 0) is 6.42 Å². The maximum atomic E-state index is 9.51. The first-order valence-electron chi connectivity index (χ1n) is 5.29. The van der Waals surface area contributed by atoms with Crippen LogP contribution in [0.25, 0.3) is 0 Å². The zero-order valence-electron chi connectivity index (χ0n) is 9.49. The number of likely N-dealkylation sites (N-methyl/N-ethyl adjacent to an activating group) is 1. The molecule has 2 rings (SSSR count). The monoisotopic (exact) mass is 208 g/mol. The maximum absolute atomic E-state index is 9.51. The van der Waals surface area contributed by atoms with E-state index in [2.05, 4.69) is 21.0 Å². The molecule has 0 amide bonds. The van der Waals surface area contributed by atoms with Crippen molar-refractivity contribution in [2.24, 2.45) is 0 Å². The van der Waals surface area contributed by atoms with Crippen molar-refractivity contribution in [3.63, 3.8) is 0 Å². The molecule has 2 N–H and O–H groups in total. The van der Waals surface area contributed by atoms with Crippen LogP contribution in [0.5, 0.6) is 11.5 Å². The van der Waals surface area contributed by atoms with E-state index in [1.807, 2.05) is 0 Å². The molecule has 3 nitrogen and oxygen atoms in total. The van der Waals surface area contributed by atoms with E-state index in [4.69, 9.17) is 0 Å². The van der Waals surface area contributed by atoms with Gasteiger partial charge in [0.25, 0.3) is 0 Å². The van der Waals surface area contributed by atoms with Crippen LogP contribution in [0.4, 0.5) is 0 Å². The van der Waals surface area contributed by atoms with Crippen LogP contribution in [-0.4, -0.2) is 35.3 Å². The molecular weight excluding hydrogens is 190 g/mol. The minimum Gasteiger partial charge on any atom is -0.504 e. The van der Waals surface area contributed by atoms with Crippen molar-refractivity contribution in [3.05, 3.63) is 23.3 Å². The van der Waals surface area contributed by atoms with Crippen molar-refractivity contribution in [2.75, 3.05) is 20.6 Å². The number of hydrogen-bond donors (Lipinski definition) is 2. The molecule has 1 atom stereocenters. The van der Waals surface area contributed by atoms with Crippen molar-refractivity contribution in [2.45, 2.75) is 19.4 Å². The largest absolute Gasteiger partial charge is 0.504 e. The van der Waals surface area contributed by atoms with Crippen LogP contribution < -0.4 is 0 Å². The molecule has 0 bridgehead atoms. The Bertz CT molecular complexity index is 399. The lowest BCUT2D eigenvalue weighted by molar-refractivity contribution is -0.921. The van der Waals surface area contributed by atoms with Crippen molar-refractivity contribution < 1.29 is 14.7 Å². The summed E-state index contributed by atoms with van der Waals surface area (Å²) in [5.74, 6) is -0.0179. The molecular formula is C12H18NO2+. The number of phenols is 2. The van der Waals surface area contributed by atoms with Gasteiger partial charge in [0, 0.05) is 12.0 Å². The molecule has 1 aromatic rings. The Hall–Kier alpha value is -1.22. The first-order valence-corrected chi connectivity index (χ1v) is 5.29. The highest BCUT2D eigenvalue weighted by Crippen LogP contribution is 2.38. The topological polar surface area (TPSA) is 40.5 Å². The van der Waals surface area contributed by atoms with Crippen LogP contribution >= 0.6 is 0 Å². The molecule has 0 spiro atoms. The van der Waals surface area contributed by atoms with Gasteiger partial charge in [0.05, 0.1) is 20.6 Å². The van der Waals surface area contributed by atoms with Gasteiger partial charge in [0.1, 0.15) is 6.04 Å². The number of quaternary nitrogens is 1. The Morgan fingerprint density at radius 1 is 1.20 bits per heavy atom. The van der Waals surface area contributed by atoms with E-state index in [1.165, 1.54) is 0 Å². The van der Waals surface area contributed by atoms with E-state index >= 15 is 0 Å². The summed E-state index contributed by atoms with van der Waals surface area (Å²) in [6.45, 7) is 3.23. The minimum absolute atomic E-state index is 0.00634. The van der Waals surface area contributed by atoms with Gasteiger partial charge in [0.15, 0.2) is 11.5 Å². The molecule has 1 unspecified atom stereocenters. The van der Waals surface area contributed by atoms with Crippen molar-refractivity contribution >= 4 is 0 Å². The fraction of sp³-hybridized carbons (Fsp3) is 0.500. The number of nitrogens with zero attached hydrogens (tertiary/aromatic N) is 1. The second kappa shape index (κ2) is 3.14. The second-order valence-electron chi connectivity index (χ2n) is 4.97. The Labute approximate surface area is 90.2 Å². The number of rotatable bonds is 0. The normalized spacial score (nSPS) is 23.5. The summed E-state index contributed by atoms with van der Waals surface area (Å²) in [5, 5.41) is 18.9. The van der Waals surface area contributed by atoms with Gasteiger partial charge in [-0.3, -0.25) is 0 Å². The summed E-state index contributed by atoms with van der Waals surface area (Å²) < 4.78 is 0.928. The van der Waals surface area contributed by atoms with Gasteiger partial charge in [0.2, 0.25) is 0 Å². The van der Waals surface area contributed by atoms with E-state index < -0.39 is 0 Å². The molecule has 15 heavy (non-hydrogen) atoms. The molecule has 0 saturated heterocycles. The lowest BCUT2D eigenvalue weighted by atomic mass is 9.91. The van der Waals surface area contributed by atoms with Crippen molar-refractivity contribution in [1.82, 2.24) is 0 Å². The molecule has 1 aliphatic rings. The number of hydrogen-bond acceptors (Lipinski definition) is 2. The van der Waals surface area contributed by atoms with E-state index in [1.54, 1.807) is 12.1 Å². The third kappa shape index (κ3) is 1.57. The SMILES string of the molecule is CC1c2cc(O)c(O)cc2CC[N+]1(C)C. The average Bonchev–Trinajstić information content (AvgIpc) is 2.16. The van der Waals surface area contributed by atoms with Crippen LogP contribution in [0.2, 0.25) is 0 Å². The zero-order valence-corrected chi connectivity index (χ0v) is 9.49. The predicted octanol–water partition coefficient (Wildman–Crippen LogP) is 1.79. The average molecular weight is 208 g/mol. The molecule has 1 heterocycles. The van der Waals surface area contributed by atoms with Gasteiger partial charge >= 0.3 is 0 Å². The molecule has 0 fully saturated rings. The molecule has 1 aliphatic heterocycles. The number of fused-ring (bicyclic) bond motifs is 1. The van der Waals surface area contributed by atoms with Gasteiger partial charge in [-0.05, 0) is 24.6 Å². The third-order valence-electron chi connectivity index (χ3n) is 3.69. The molecule has 0 aliphatic carbocycles. The standard InChI is InChI=1S/C12H17NO2/c1-8-10-7-12(15)11(14)6-9(10)4-5-13(8,2)3/h6-8H,4-5H2,1-3H3,(H-,14,15)/p+1. The number of aromatic hydroxyl groups is 2. The van der Waals surface area contributed by atoms with Gasteiger partial charge in [-0.15, -0.1) is 0 Å². The predicted molar refractivity (Wildman–Crippen MR) is 58.9 cm³/mol. The first kappa shape index (κ1) is 10.3. The minimum atomic E-state index is -0.0116. The Balaban J connectivity index is 2.52. The summed E-state index contributed by atoms with van der Waals surface area (Å²) in [5.41, 5.74) is 2.32. The Morgan fingerprint density at radius 3 is 2.47 bits per heavy atom. The summed E-state index contributed by atoms with van der Waals surface area (Å²) in [6.07, 6.45) is 0.959. The van der Waals surface area contributed by atoms with Gasteiger partial charge in [-0.2, -0.15) is 0 Å². The van der Waals surface area contributed by atoms with E-state index in [0.717, 1.165) is 28.6 Å². The Kier molecular flexibility index (Phi) is 2.15. The third-order valence-corrected chi connectivity index (χ3v) is 3.69. The second-order valence-corrected chi connectivity index (χ2v) is 4.97. The summed E-state index contributed by atoms with van der Waals surface area (Å²) in [6, 6.07) is 3.76. The molecule has 1 aromatic carbocycles. The van der Waals surface area contributed by atoms with Crippen LogP contribution in [0.15, 0.2) is 12.1 Å². The number of phenolic OH excluding ortho intramolecular Hbond substituents is 2. The van der Waals surface area contributed by atoms with Gasteiger partial charge in [-0.1, -0.05) is 0 Å². The van der Waals surface area contributed by atoms with E-state index in [9.17, 15) is 10.2 Å². The molecule has 0 saturated carbocycles. The fourth-order valence-corrected chi connectivity index (χ4v) is 2.22. The molecule has 82 valence electrons. The smallest absolute Gasteiger partial charge is 0.157 e. The van der Waals surface area contributed by atoms with E-state index in [0.29, 0.717) is 6.04 Å². The molecule has 3 heteroatoms. The van der Waals surface area contributed by atoms with E-state index in [-0.39, 0.29) is 11.5 Å². The van der Waals surface area contributed by atoms with Crippen LogP contribution in [0, 0.1) is 0 Å². The highest BCUT2D eigenvalue weighted by atomic mass is 16.3. The van der Waals surface area contributed by atoms with Gasteiger partial charge < -0.3 is 14.7 Å². The lowest BCUT2D eigenvalue weighted by Crippen LogP contribution is -2.46. The summed E-state index contributed by atoms with van der Waals surface area (Å²) >= 11 is 0. The highest BCUT2D eigenvalue weighted by molar-refractivity contribution is 5.46. The summed E-state index contributed by atoms with van der Waals surface area (Å²) in [7, 11) is 4.38. The van der Waals surface area contributed by atoms with Gasteiger partial charge in [-0.25, -0.2) is 0 Å². The lowest BCUT2D eigenvalue weighted by Gasteiger charge is -2.41. The van der Waals surface area contributed by atoms with Crippen molar-refractivity contribution in [1.29, 1.82) is 0 Å². The highest BCUT2D eigenvalue weighted by Gasteiger charge is 2.32. The van der Waals surface area contributed by atoms with Crippen LogP contribution in [0.1, 0.15) is 24.1 Å². The maximum Gasteiger partial charge on any atom is 0.157 e. The molecule has 0 aromatic heterocycles. The number of benzene rings is 1. The summed E-state index contributed by atoms with van der Waals surface area (Å²) in [4.78, 5) is 0. The Morgan fingerprint density at radius 2 is 1.80 bits per heavy atom. The zero-order chi connectivity index (χ0) is 11.2. The van der Waals surface area contributed by atoms with Crippen molar-refractivity contribution in [3.8, 4) is 11.5 Å². The first-order chi connectivity index (χ1) is 6.92.